The highest BCUT2D eigenvalue weighted by molar-refractivity contribution is 7.96. The number of nitrogens with one attached hydrogen (secondary N) is 1. The summed E-state index contributed by atoms with van der Waals surface area (Å²) < 4.78 is 55.7. The standard InChI is InChI=1S/C18H22N2O5S2/c1-2-25-15-3-5-16(6-4-15)27(23,24)18-13-26(21,22)12-17(18)20-11-14-7-9-19-10-8-14/h3-10,17-18,20H,2,11-13H2,1H3/t17-,18-/m1/s1. The van der Waals surface area contributed by atoms with E-state index in [-0.39, 0.29) is 16.4 Å². The number of ether oxygens (including phenoxy) is 1. The van der Waals surface area contributed by atoms with E-state index in [1.807, 2.05) is 6.92 Å². The van der Waals surface area contributed by atoms with Crippen molar-refractivity contribution in [1.29, 1.82) is 0 Å². The van der Waals surface area contributed by atoms with Crippen molar-refractivity contribution in [3.63, 3.8) is 0 Å². The van der Waals surface area contributed by atoms with E-state index in [1.165, 1.54) is 12.1 Å². The molecule has 0 saturated carbocycles. The van der Waals surface area contributed by atoms with Crippen LogP contribution in [0.25, 0.3) is 0 Å². The predicted octanol–water partition coefficient (Wildman–Crippen LogP) is 1.21. The first kappa shape index (κ1) is 19.8. The summed E-state index contributed by atoms with van der Waals surface area (Å²) in [4.78, 5) is 4.03. The molecule has 2 atom stereocenters. The number of sulfone groups is 2. The van der Waals surface area contributed by atoms with Gasteiger partial charge in [-0.3, -0.25) is 4.98 Å². The molecule has 0 unspecified atom stereocenters. The van der Waals surface area contributed by atoms with Crippen molar-refractivity contribution >= 4 is 19.7 Å². The lowest BCUT2D eigenvalue weighted by atomic mass is 10.2. The lowest BCUT2D eigenvalue weighted by molar-refractivity contribution is 0.340. The Morgan fingerprint density at radius 2 is 1.78 bits per heavy atom. The molecule has 1 aromatic carbocycles. The second-order valence-corrected chi connectivity index (χ2v) is 10.7. The van der Waals surface area contributed by atoms with Crippen LogP contribution in [0.15, 0.2) is 53.7 Å². The molecule has 146 valence electrons. The summed E-state index contributed by atoms with van der Waals surface area (Å²) in [5.74, 6) is -0.00175. The van der Waals surface area contributed by atoms with Gasteiger partial charge in [-0.05, 0) is 48.9 Å². The van der Waals surface area contributed by atoms with Gasteiger partial charge in [0.2, 0.25) is 0 Å². The average molecular weight is 411 g/mol. The second kappa shape index (κ2) is 7.95. The van der Waals surface area contributed by atoms with Crippen molar-refractivity contribution in [3.8, 4) is 5.75 Å². The Balaban J connectivity index is 1.82. The average Bonchev–Trinajstić information content (AvgIpc) is 2.97. The Morgan fingerprint density at radius 1 is 1.11 bits per heavy atom. The number of hydrogen-bond donors (Lipinski definition) is 1. The maximum absolute atomic E-state index is 13.1. The van der Waals surface area contributed by atoms with Crippen LogP contribution in [-0.4, -0.2) is 51.2 Å². The van der Waals surface area contributed by atoms with Gasteiger partial charge in [-0.2, -0.15) is 0 Å². The normalized spacial score (nSPS) is 21.8. The molecular weight excluding hydrogens is 388 g/mol. The molecule has 1 aliphatic rings. The predicted molar refractivity (Wildman–Crippen MR) is 102 cm³/mol. The summed E-state index contributed by atoms with van der Waals surface area (Å²) in [6.07, 6.45) is 3.27. The molecule has 0 amide bonds. The molecule has 27 heavy (non-hydrogen) atoms. The summed E-state index contributed by atoms with van der Waals surface area (Å²) in [5, 5.41) is 2.07. The van der Waals surface area contributed by atoms with Crippen LogP contribution in [-0.2, 0) is 26.2 Å². The van der Waals surface area contributed by atoms with Crippen molar-refractivity contribution in [3.05, 3.63) is 54.4 Å². The van der Waals surface area contributed by atoms with E-state index in [9.17, 15) is 16.8 Å². The van der Waals surface area contributed by atoms with E-state index in [0.29, 0.717) is 18.9 Å². The molecule has 9 heteroatoms. The minimum absolute atomic E-state index is 0.101. The molecule has 1 fully saturated rings. The van der Waals surface area contributed by atoms with Gasteiger partial charge in [-0.25, -0.2) is 16.8 Å². The van der Waals surface area contributed by atoms with E-state index in [2.05, 4.69) is 10.3 Å². The number of rotatable bonds is 7. The van der Waals surface area contributed by atoms with E-state index in [4.69, 9.17) is 4.74 Å². The van der Waals surface area contributed by atoms with Crippen molar-refractivity contribution in [1.82, 2.24) is 10.3 Å². The van der Waals surface area contributed by atoms with Gasteiger partial charge in [0.25, 0.3) is 0 Å². The van der Waals surface area contributed by atoms with Crippen molar-refractivity contribution in [2.45, 2.75) is 29.7 Å². The number of pyridine rings is 1. The van der Waals surface area contributed by atoms with E-state index in [1.54, 1.807) is 36.7 Å². The highest BCUT2D eigenvalue weighted by Crippen LogP contribution is 2.27. The number of benzene rings is 1. The number of hydrogen-bond acceptors (Lipinski definition) is 7. The zero-order valence-electron chi connectivity index (χ0n) is 14.9. The molecule has 2 heterocycles. The fourth-order valence-corrected chi connectivity index (χ4v) is 7.84. The van der Waals surface area contributed by atoms with Crippen LogP contribution in [0, 0.1) is 0 Å². The zero-order valence-corrected chi connectivity index (χ0v) is 16.5. The van der Waals surface area contributed by atoms with Gasteiger partial charge in [0.05, 0.1) is 28.3 Å². The number of aromatic nitrogens is 1. The molecule has 0 radical (unpaired) electrons. The van der Waals surface area contributed by atoms with Crippen molar-refractivity contribution in [2.24, 2.45) is 0 Å². The number of nitrogens with zero attached hydrogens (tertiary/aromatic N) is 1. The smallest absolute Gasteiger partial charge is 0.183 e. The van der Waals surface area contributed by atoms with Crippen LogP contribution in [0.2, 0.25) is 0 Å². The largest absolute Gasteiger partial charge is 0.494 e. The summed E-state index contributed by atoms with van der Waals surface area (Å²) in [6.45, 7) is 2.69. The molecule has 3 rings (SSSR count). The topological polar surface area (TPSA) is 102 Å². The third-order valence-electron chi connectivity index (χ3n) is 4.48. The first-order valence-electron chi connectivity index (χ1n) is 8.61. The molecule has 7 nitrogen and oxygen atoms in total. The van der Waals surface area contributed by atoms with Crippen LogP contribution < -0.4 is 10.1 Å². The van der Waals surface area contributed by atoms with Crippen molar-refractivity contribution in [2.75, 3.05) is 18.1 Å². The maximum atomic E-state index is 13.1. The minimum atomic E-state index is -3.80. The Kier molecular flexibility index (Phi) is 5.83. The van der Waals surface area contributed by atoms with Gasteiger partial charge in [0.15, 0.2) is 19.7 Å². The quantitative estimate of drug-likeness (QED) is 0.732. The SMILES string of the molecule is CCOc1ccc(S(=O)(=O)[C@@H]2CS(=O)(=O)C[C@H]2NCc2ccncc2)cc1. The molecule has 0 bridgehead atoms. The lowest BCUT2D eigenvalue weighted by Gasteiger charge is -2.20. The highest BCUT2D eigenvalue weighted by Gasteiger charge is 2.45. The van der Waals surface area contributed by atoms with Crippen LogP contribution in [0.1, 0.15) is 12.5 Å². The zero-order chi connectivity index (χ0) is 19.5. The minimum Gasteiger partial charge on any atom is -0.494 e. The molecule has 1 saturated heterocycles. The summed E-state index contributed by atoms with van der Waals surface area (Å²) >= 11 is 0. The first-order chi connectivity index (χ1) is 12.8. The monoisotopic (exact) mass is 410 g/mol. The fraction of sp³-hybridized carbons (Fsp3) is 0.389. The van der Waals surface area contributed by atoms with Crippen molar-refractivity contribution < 1.29 is 21.6 Å². The highest BCUT2D eigenvalue weighted by atomic mass is 32.2. The van der Waals surface area contributed by atoms with Gasteiger partial charge in [0.1, 0.15) is 5.75 Å². The first-order valence-corrected chi connectivity index (χ1v) is 12.0. The van der Waals surface area contributed by atoms with Crippen LogP contribution in [0.4, 0.5) is 0 Å². The maximum Gasteiger partial charge on any atom is 0.183 e. The Bertz CT molecular complexity index is 974. The Hall–Kier alpha value is -1.97. The van der Waals surface area contributed by atoms with Gasteiger partial charge in [-0.15, -0.1) is 0 Å². The summed E-state index contributed by atoms with van der Waals surface area (Å²) in [5.41, 5.74) is 0.909. The van der Waals surface area contributed by atoms with Gasteiger partial charge < -0.3 is 10.1 Å². The fourth-order valence-electron chi connectivity index (χ4n) is 3.13. The van der Waals surface area contributed by atoms with Crippen LogP contribution >= 0.6 is 0 Å². The van der Waals surface area contributed by atoms with Crippen LogP contribution in [0.3, 0.4) is 0 Å². The Labute approximate surface area is 159 Å². The van der Waals surface area contributed by atoms with Gasteiger partial charge in [-0.1, -0.05) is 0 Å². The summed E-state index contributed by atoms with van der Waals surface area (Å²) in [6, 6.07) is 9.02. The Morgan fingerprint density at radius 3 is 2.41 bits per heavy atom. The molecule has 0 spiro atoms. The third kappa shape index (κ3) is 4.66. The molecular formula is C18H22N2O5S2. The third-order valence-corrected chi connectivity index (χ3v) is 8.65. The van der Waals surface area contributed by atoms with E-state index < -0.39 is 31.0 Å². The van der Waals surface area contributed by atoms with Gasteiger partial charge in [0, 0.05) is 25.0 Å². The second-order valence-electron chi connectivity index (χ2n) is 6.41. The van der Waals surface area contributed by atoms with E-state index >= 15 is 0 Å². The van der Waals surface area contributed by atoms with Gasteiger partial charge >= 0.3 is 0 Å². The van der Waals surface area contributed by atoms with Crippen LogP contribution in [0.5, 0.6) is 5.75 Å². The molecule has 1 aliphatic heterocycles. The molecule has 2 aromatic rings. The summed E-state index contributed by atoms with van der Waals surface area (Å²) in [7, 11) is -7.24. The molecule has 1 N–H and O–H groups in total. The lowest BCUT2D eigenvalue weighted by Crippen LogP contribution is -2.43. The molecule has 0 aliphatic carbocycles. The van der Waals surface area contributed by atoms with E-state index in [0.717, 1.165) is 5.56 Å². The molecule has 1 aromatic heterocycles.